The third-order valence-electron chi connectivity index (χ3n) is 1.49. The van der Waals surface area contributed by atoms with Gasteiger partial charge in [0.15, 0.2) is 0 Å². The predicted molar refractivity (Wildman–Crippen MR) is 50.2 cm³/mol. The quantitative estimate of drug-likeness (QED) is 0.444. The number of nitro benzene ring substituents is 1. The van der Waals surface area contributed by atoms with Crippen LogP contribution in [0.15, 0.2) is 18.2 Å². The first-order chi connectivity index (χ1) is 5.65. The molecule has 1 aromatic carbocycles. The van der Waals surface area contributed by atoms with Crippen LogP contribution in [0.5, 0.6) is 0 Å². The molecule has 0 atom stereocenters. The van der Waals surface area contributed by atoms with Crippen molar-refractivity contribution < 1.29 is 4.92 Å². The van der Waals surface area contributed by atoms with Gasteiger partial charge in [-0.05, 0) is 18.6 Å². The number of benzene rings is 1. The average molecular weight is 229 g/mol. The molecule has 0 fully saturated rings. The van der Waals surface area contributed by atoms with E-state index >= 15 is 0 Å². The molecule has 0 aromatic heterocycles. The van der Waals surface area contributed by atoms with Crippen molar-refractivity contribution in [1.29, 1.82) is 0 Å². The molecule has 0 heterocycles. The van der Waals surface area contributed by atoms with E-state index in [9.17, 15) is 10.1 Å². The minimum atomic E-state index is -0.430. The Morgan fingerprint density at radius 2 is 2.25 bits per heavy atom. The van der Waals surface area contributed by atoms with Crippen LogP contribution in [0.25, 0.3) is 0 Å². The van der Waals surface area contributed by atoms with Crippen molar-refractivity contribution in [3.8, 4) is 0 Å². The second-order valence-electron chi connectivity index (χ2n) is 2.35. The van der Waals surface area contributed by atoms with Crippen molar-refractivity contribution in [3.05, 3.63) is 46.4 Å². The smallest absolute Gasteiger partial charge is 0.258 e. The molecular formula is C8H7BrNO2. The molecule has 1 radical (unpaired) electrons. The molecule has 3 nitrogen and oxygen atoms in total. The van der Waals surface area contributed by atoms with Gasteiger partial charge in [0, 0.05) is 17.0 Å². The largest absolute Gasteiger partial charge is 0.272 e. The van der Waals surface area contributed by atoms with Crippen LogP contribution >= 0.6 is 15.9 Å². The Labute approximate surface area is 78.7 Å². The highest BCUT2D eigenvalue weighted by Gasteiger charge is 2.09. The average Bonchev–Trinajstić information content (AvgIpc) is 2.03. The van der Waals surface area contributed by atoms with E-state index in [1.54, 1.807) is 12.1 Å². The molecule has 0 N–H and O–H groups in total. The van der Waals surface area contributed by atoms with E-state index in [-0.39, 0.29) is 5.69 Å². The zero-order chi connectivity index (χ0) is 9.14. The van der Waals surface area contributed by atoms with Gasteiger partial charge in [0.25, 0.3) is 5.69 Å². The molecule has 0 saturated heterocycles. The first-order valence-corrected chi connectivity index (χ1v) is 4.42. The summed E-state index contributed by atoms with van der Waals surface area (Å²) in [4.78, 5) is 9.95. The van der Waals surface area contributed by atoms with Gasteiger partial charge in [0.1, 0.15) is 0 Å². The van der Waals surface area contributed by atoms with Gasteiger partial charge in [0.2, 0.25) is 0 Å². The van der Waals surface area contributed by atoms with Gasteiger partial charge in [-0.15, -0.1) is 0 Å². The van der Waals surface area contributed by atoms with Crippen LogP contribution in [0.2, 0.25) is 0 Å². The first-order valence-electron chi connectivity index (χ1n) is 3.30. The van der Waals surface area contributed by atoms with E-state index in [1.807, 2.05) is 0 Å². The van der Waals surface area contributed by atoms with E-state index in [0.29, 0.717) is 10.9 Å². The lowest BCUT2D eigenvalue weighted by Crippen LogP contribution is -1.92. The second-order valence-corrected chi connectivity index (χ2v) is 2.91. The fourth-order valence-corrected chi connectivity index (χ4v) is 1.25. The Balaban J connectivity index is 3.12. The zero-order valence-corrected chi connectivity index (χ0v) is 7.87. The molecule has 0 aliphatic rings. The molecule has 12 heavy (non-hydrogen) atoms. The van der Waals surface area contributed by atoms with Crippen molar-refractivity contribution in [2.24, 2.45) is 0 Å². The molecule has 63 valence electrons. The Hall–Kier alpha value is -0.900. The number of halogens is 1. The number of rotatable bonds is 2. The number of alkyl halides is 1. The summed E-state index contributed by atoms with van der Waals surface area (Å²) in [7, 11) is 0. The minimum absolute atomic E-state index is 0.0692. The van der Waals surface area contributed by atoms with Crippen molar-refractivity contribution in [2.75, 3.05) is 0 Å². The van der Waals surface area contributed by atoms with Crippen LogP contribution in [0, 0.1) is 17.0 Å². The van der Waals surface area contributed by atoms with Gasteiger partial charge in [-0.1, -0.05) is 22.0 Å². The highest BCUT2D eigenvalue weighted by atomic mass is 79.9. The maximum Gasteiger partial charge on any atom is 0.272 e. The van der Waals surface area contributed by atoms with E-state index in [4.69, 9.17) is 0 Å². The zero-order valence-electron chi connectivity index (χ0n) is 6.29. The molecule has 0 aliphatic heterocycles. The Bertz CT molecular complexity index is 312. The van der Waals surface area contributed by atoms with Crippen molar-refractivity contribution in [2.45, 2.75) is 5.33 Å². The number of hydrogen-bond donors (Lipinski definition) is 0. The first kappa shape index (κ1) is 9.19. The summed E-state index contributed by atoms with van der Waals surface area (Å²) in [5.41, 5.74) is 1.52. The fraction of sp³-hybridized carbons (Fsp3) is 0.125. The lowest BCUT2D eigenvalue weighted by molar-refractivity contribution is -0.385. The third kappa shape index (κ3) is 1.82. The van der Waals surface area contributed by atoms with E-state index in [2.05, 4.69) is 22.9 Å². The lowest BCUT2D eigenvalue weighted by atomic mass is 10.1. The van der Waals surface area contributed by atoms with Crippen molar-refractivity contribution >= 4 is 21.6 Å². The van der Waals surface area contributed by atoms with Crippen LogP contribution in [-0.2, 0) is 5.33 Å². The number of nitrogens with zero attached hydrogens (tertiary/aromatic N) is 1. The summed E-state index contributed by atoms with van der Waals surface area (Å²) in [5.74, 6) is 0. The van der Waals surface area contributed by atoms with Gasteiger partial charge in [0.05, 0.1) is 4.92 Å². The van der Waals surface area contributed by atoms with E-state index < -0.39 is 4.92 Å². The monoisotopic (exact) mass is 228 g/mol. The normalized spacial score (nSPS) is 9.83. The summed E-state index contributed by atoms with van der Waals surface area (Å²) in [6, 6.07) is 4.88. The summed E-state index contributed by atoms with van der Waals surface area (Å²) in [5, 5.41) is 11.1. The maximum atomic E-state index is 10.4. The van der Waals surface area contributed by atoms with E-state index in [0.717, 1.165) is 5.56 Å². The standard InChI is InChI=1S/C8H7BrNO2/c1-6-4-7(5-9)2-3-8(6)10(11)12/h2-4H,1,5H2. The van der Waals surface area contributed by atoms with Gasteiger partial charge >= 0.3 is 0 Å². The lowest BCUT2D eigenvalue weighted by Gasteiger charge is -1.98. The van der Waals surface area contributed by atoms with Crippen molar-refractivity contribution in [3.63, 3.8) is 0 Å². The van der Waals surface area contributed by atoms with Crippen molar-refractivity contribution in [1.82, 2.24) is 0 Å². The SMILES string of the molecule is [CH2]c1cc(CBr)ccc1[N+](=O)[O-]. The maximum absolute atomic E-state index is 10.4. The van der Waals surface area contributed by atoms with Crippen LogP contribution in [0.4, 0.5) is 5.69 Å². The Morgan fingerprint density at radius 1 is 1.58 bits per heavy atom. The van der Waals surface area contributed by atoms with Gasteiger partial charge in [-0.25, -0.2) is 0 Å². The summed E-state index contributed by atoms with van der Waals surface area (Å²) in [6.45, 7) is 3.59. The van der Waals surface area contributed by atoms with Gasteiger partial charge in [-0.3, -0.25) is 10.1 Å². The summed E-state index contributed by atoms with van der Waals surface area (Å²) < 4.78 is 0. The molecule has 0 spiro atoms. The van der Waals surface area contributed by atoms with Crippen LogP contribution < -0.4 is 0 Å². The molecule has 1 aromatic rings. The van der Waals surface area contributed by atoms with Gasteiger partial charge in [-0.2, -0.15) is 0 Å². The topological polar surface area (TPSA) is 43.1 Å². The molecule has 1 rings (SSSR count). The minimum Gasteiger partial charge on any atom is -0.258 e. The molecule has 0 amide bonds. The molecule has 4 heteroatoms. The summed E-state index contributed by atoms with van der Waals surface area (Å²) >= 11 is 3.26. The number of hydrogen-bond acceptors (Lipinski definition) is 2. The molecule has 0 aliphatic carbocycles. The predicted octanol–water partition coefficient (Wildman–Crippen LogP) is 2.67. The van der Waals surface area contributed by atoms with Crippen LogP contribution in [-0.4, -0.2) is 4.92 Å². The summed E-state index contributed by atoms with van der Waals surface area (Å²) in [6.07, 6.45) is 0. The van der Waals surface area contributed by atoms with E-state index in [1.165, 1.54) is 6.07 Å². The number of nitro groups is 1. The Kier molecular flexibility index (Phi) is 2.81. The molecule has 0 bridgehead atoms. The molecule has 0 saturated carbocycles. The second kappa shape index (κ2) is 3.67. The van der Waals surface area contributed by atoms with Crippen LogP contribution in [0.1, 0.15) is 11.1 Å². The highest BCUT2D eigenvalue weighted by molar-refractivity contribution is 9.08. The Morgan fingerprint density at radius 3 is 2.67 bits per heavy atom. The fourth-order valence-electron chi connectivity index (χ4n) is 0.900. The highest BCUT2D eigenvalue weighted by Crippen LogP contribution is 2.19. The molecule has 0 unspecified atom stereocenters. The van der Waals surface area contributed by atoms with Gasteiger partial charge < -0.3 is 0 Å². The van der Waals surface area contributed by atoms with Crippen LogP contribution in [0.3, 0.4) is 0 Å². The molecular weight excluding hydrogens is 222 g/mol. The third-order valence-corrected chi connectivity index (χ3v) is 2.14.